The normalized spacial score (nSPS) is 15.9. The molecule has 1 amide bonds. The molecule has 3 atom stereocenters. The summed E-state index contributed by atoms with van der Waals surface area (Å²) in [5, 5.41) is 30.8. The fourth-order valence-corrected chi connectivity index (χ4v) is 1.65. The van der Waals surface area contributed by atoms with E-state index in [4.69, 9.17) is 5.11 Å². The fraction of sp³-hybridized carbons (Fsp3) is 0.600. The molecule has 22 heavy (non-hydrogen) atoms. The molecule has 0 fully saturated rings. The van der Waals surface area contributed by atoms with Crippen molar-refractivity contribution in [2.75, 3.05) is 0 Å². The zero-order chi connectivity index (χ0) is 17.1. The number of amides is 1. The average Bonchev–Trinajstić information content (AvgIpc) is 2.81. The van der Waals surface area contributed by atoms with Gasteiger partial charge in [-0.2, -0.15) is 13.2 Å². The summed E-state index contributed by atoms with van der Waals surface area (Å²) in [5.41, 5.74) is 0. The van der Waals surface area contributed by atoms with Crippen molar-refractivity contribution in [1.29, 1.82) is 0 Å². The van der Waals surface area contributed by atoms with Crippen LogP contribution in [0.3, 0.4) is 0 Å². The van der Waals surface area contributed by atoms with Gasteiger partial charge in [0.2, 0.25) is 0 Å². The summed E-state index contributed by atoms with van der Waals surface area (Å²) in [6.07, 6.45) is -7.58. The highest BCUT2D eigenvalue weighted by Gasteiger charge is 2.46. The van der Waals surface area contributed by atoms with Gasteiger partial charge in [0.05, 0.1) is 12.1 Å². The van der Waals surface area contributed by atoms with Crippen molar-refractivity contribution in [2.45, 2.75) is 37.9 Å². The molecule has 0 saturated carbocycles. The second kappa shape index (κ2) is 6.70. The minimum atomic E-state index is -5.05. The van der Waals surface area contributed by atoms with Crippen LogP contribution in [0.15, 0.2) is 12.4 Å². The van der Waals surface area contributed by atoms with Gasteiger partial charge in [0, 0.05) is 0 Å². The minimum absolute atomic E-state index is 0.667. The zero-order valence-electron chi connectivity index (χ0n) is 11.2. The summed E-state index contributed by atoms with van der Waals surface area (Å²) in [7, 11) is 0. The largest absolute Gasteiger partial charge is 0.435 e. The van der Waals surface area contributed by atoms with Crippen molar-refractivity contribution in [1.82, 2.24) is 14.9 Å². The molecule has 0 bridgehead atoms. The van der Waals surface area contributed by atoms with Gasteiger partial charge in [0.15, 0.2) is 12.6 Å². The molecular weight excluding hydrogens is 313 g/mol. The Kier molecular flexibility index (Phi) is 5.43. The Morgan fingerprint density at radius 2 is 2.14 bits per heavy atom. The van der Waals surface area contributed by atoms with E-state index >= 15 is 0 Å². The lowest BCUT2D eigenvalue weighted by Crippen LogP contribution is -2.55. The third kappa shape index (κ3) is 4.39. The molecule has 0 saturated heterocycles. The number of imidazole rings is 1. The van der Waals surface area contributed by atoms with Crippen molar-refractivity contribution >= 4 is 11.9 Å². The third-order valence-corrected chi connectivity index (χ3v) is 2.69. The predicted octanol–water partition coefficient (Wildman–Crippen LogP) is -0.420. The van der Waals surface area contributed by atoms with E-state index in [1.807, 2.05) is 0 Å². The first-order valence-electron chi connectivity index (χ1n) is 5.91. The first-order valence-corrected chi connectivity index (χ1v) is 5.91. The van der Waals surface area contributed by atoms with E-state index in [0.717, 1.165) is 23.9 Å². The molecule has 0 aliphatic carbocycles. The Bertz CT molecular complexity index is 545. The van der Waals surface area contributed by atoms with Crippen LogP contribution in [-0.4, -0.2) is 55.0 Å². The van der Waals surface area contributed by atoms with Gasteiger partial charge >= 0.3 is 12.1 Å². The van der Waals surface area contributed by atoms with Crippen molar-refractivity contribution in [3.63, 3.8) is 0 Å². The van der Waals surface area contributed by atoms with Gasteiger partial charge in [0.25, 0.3) is 5.91 Å². The molecule has 12 heteroatoms. The fourth-order valence-electron chi connectivity index (χ4n) is 1.65. The van der Waals surface area contributed by atoms with Crippen LogP contribution in [-0.2, 0) is 11.3 Å². The Labute approximate surface area is 121 Å². The van der Waals surface area contributed by atoms with Gasteiger partial charge in [-0.05, 0) is 11.8 Å². The molecule has 1 aromatic heterocycles. The molecule has 1 aromatic rings. The number of nitrogens with zero attached hydrogens (tertiary/aromatic N) is 3. The summed E-state index contributed by atoms with van der Waals surface area (Å²) in [5.74, 6) is -1.73. The molecule has 0 aliphatic heterocycles. The van der Waals surface area contributed by atoms with Crippen LogP contribution < -0.4 is 5.32 Å². The Morgan fingerprint density at radius 3 is 2.59 bits per heavy atom. The second-order valence-electron chi connectivity index (χ2n) is 4.43. The summed E-state index contributed by atoms with van der Waals surface area (Å²) in [6.45, 7) is 0.268. The van der Waals surface area contributed by atoms with Crippen molar-refractivity contribution in [3.05, 3.63) is 22.5 Å². The summed E-state index contributed by atoms with van der Waals surface area (Å²) >= 11 is 0. The topological polar surface area (TPSA) is 131 Å². The maximum atomic E-state index is 12.4. The highest BCUT2D eigenvalue weighted by molar-refractivity contribution is 5.76. The lowest BCUT2D eigenvalue weighted by molar-refractivity contribution is -0.396. The SMILES string of the molecule is CC(O)C(NC(=O)Cn1ccnc1[N+](=O)[O-])C(O)C(F)(F)F. The Morgan fingerprint density at radius 1 is 1.55 bits per heavy atom. The Balaban J connectivity index is 2.80. The maximum absolute atomic E-state index is 12.4. The second-order valence-corrected chi connectivity index (χ2v) is 4.43. The molecule has 0 aliphatic rings. The highest BCUT2D eigenvalue weighted by Crippen LogP contribution is 2.23. The molecule has 9 nitrogen and oxygen atoms in total. The smallest absolute Gasteiger partial charge is 0.391 e. The van der Waals surface area contributed by atoms with Gasteiger partial charge in [-0.15, -0.1) is 0 Å². The van der Waals surface area contributed by atoms with E-state index < -0.39 is 47.7 Å². The number of hydrogen-bond acceptors (Lipinski definition) is 6. The molecule has 124 valence electrons. The lowest BCUT2D eigenvalue weighted by Gasteiger charge is -2.27. The number of hydrogen-bond donors (Lipinski definition) is 3. The van der Waals surface area contributed by atoms with Gasteiger partial charge in [-0.1, -0.05) is 4.98 Å². The van der Waals surface area contributed by atoms with Crippen LogP contribution in [0, 0.1) is 10.1 Å². The van der Waals surface area contributed by atoms with Crippen molar-refractivity contribution < 1.29 is 33.1 Å². The molecule has 3 N–H and O–H groups in total. The molecule has 0 radical (unpaired) electrons. The molecule has 0 spiro atoms. The van der Waals surface area contributed by atoms with Crippen molar-refractivity contribution in [3.8, 4) is 0 Å². The van der Waals surface area contributed by atoms with Crippen LogP contribution in [0.2, 0.25) is 0 Å². The molecule has 0 aromatic carbocycles. The first kappa shape index (κ1) is 17.8. The number of nitrogens with one attached hydrogen (secondary N) is 1. The van der Waals surface area contributed by atoms with E-state index in [9.17, 15) is 33.2 Å². The van der Waals surface area contributed by atoms with Crippen LogP contribution >= 0.6 is 0 Å². The van der Waals surface area contributed by atoms with E-state index in [1.54, 1.807) is 5.32 Å². The van der Waals surface area contributed by atoms with E-state index in [2.05, 4.69) is 4.98 Å². The minimum Gasteiger partial charge on any atom is -0.391 e. The van der Waals surface area contributed by atoms with E-state index in [1.165, 1.54) is 0 Å². The van der Waals surface area contributed by atoms with Crippen LogP contribution in [0.5, 0.6) is 0 Å². The maximum Gasteiger partial charge on any atom is 0.435 e. The highest BCUT2D eigenvalue weighted by atomic mass is 19.4. The van der Waals surface area contributed by atoms with Crippen LogP contribution in [0.1, 0.15) is 6.92 Å². The van der Waals surface area contributed by atoms with Crippen LogP contribution in [0.25, 0.3) is 0 Å². The summed E-state index contributed by atoms with van der Waals surface area (Å²) in [6, 6.07) is -2.00. The number of aliphatic hydroxyl groups excluding tert-OH is 2. The number of carbonyl (C=O) groups excluding carboxylic acids is 1. The molecule has 1 rings (SSSR count). The van der Waals surface area contributed by atoms with Gasteiger partial charge < -0.3 is 25.6 Å². The average molecular weight is 326 g/mol. The molecule has 1 heterocycles. The predicted molar refractivity (Wildman–Crippen MR) is 64.6 cm³/mol. The monoisotopic (exact) mass is 326 g/mol. The molecule has 3 unspecified atom stereocenters. The lowest BCUT2D eigenvalue weighted by atomic mass is 10.1. The van der Waals surface area contributed by atoms with E-state index in [0.29, 0.717) is 0 Å². The zero-order valence-corrected chi connectivity index (χ0v) is 11.2. The van der Waals surface area contributed by atoms with Gasteiger partial charge in [0.1, 0.15) is 12.4 Å². The number of rotatable bonds is 6. The van der Waals surface area contributed by atoms with Crippen molar-refractivity contribution in [2.24, 2.45) is 0 Å². The van der Waals surface area contributed by atoms with E-state index in [-0.39, 0.29) is 0 Å². The number of alkyl halides is 3. The standard InChI is InChI=1S/C10H13F3N4O5/c1-5(18)7(8(20)10(11,12)13)15-6(19)4-16-3-2-14-9(16)17(21)22/h2-3,5,7-8,18,20H,4H2,1H3,(H,15,19). The molecular formula is C10H13F3N4O5. The number of nitro groups is 1. The quantitative estimate of drug-likeness (QED) is 0.481. The first-order chi connectivity index (χ1) is 10.0. The number of halogens is 3. The Hall–Kier alpha value is -2.21. The number of aromatic nitrogens is 2. The summed E-state index contributed by atoms with van der Waals surface area (Å²) < 4.78 is 38.1. The van der Waals surface area contributed by atoms with Gasteiger partial charge in [-0.25, -0.2) is 4.57 Å². The number of aliphatic hydroxyl groups is 2. The van der Waals surface area contributed by atoms with Gasteiger partial charge in [-0.3, -0.25) is 4.79 Å². The number of carbonyl (C=O) groups is 1. The summed E-state index contributed by atoms with van der Waals surface area (Å²) in [4.78, 5) is 24.7. The van der Waals surface area contributed by atoms with Crippen LogP contribution in [0.4, 0.5) is 19.1 Å². The third-order valence-electron chi connectivity index (χ3n) is 2.69.